The first kappa shape index (κ1) is 21.1. The number of aryl methyl sites for hydroxylation is 3. The van der Waals surface area contributed by atoms with Gasteiger partial charge in [0.2, 0.25) is 5.88 Å². The Hall–Kier alpha value is -2.59. The van der Waals surface area contributed by atoms with E-state index in [1.165, 1.54) is 24.6 Å². The van der Waals surface area contributed by atoms with E-state index in [-0.39, 0.29) is 18.1 Å². The molecule has 0 fully saturated rings. The van der Waals surface area contributed by atoms with Gasteiger partial charge in [-0.3, -0.25) is 0 Å². The van der Waals surface area contributed by atoms with Gasteiger partial charge in [-0.05, 0) is 37.1 Å². The number of hydrogen-bond acceptors (Lipinski definition) is 6. The Morgan fingerprint density at radius 2 is 2.03 bits per heavy atom. The minimum absolute atomic E-state index is 0.0237. The van der Waals surface area contributed by atoms with Gasteiger partial charge >= 0.3 is 6.18 Å². The monoisotopic (exact) mass is 444 g/mol. The average molecular weight is 445 g/mol. The molecule has 6 nitrogen and oxygen atoms in total. The van der Waals surface area contributed by atoms with Gasteiger partial charge in [0.1, 0.15) is 5.75 Å². The van der Waals surface area contributed by atoms with Crippen LogP contribution in [0.5, 0.6) is 11.6 Å². The summed E-state index contributed by atoms with van der Waals surface area (Å²) < 4.78 is 47.3. The molecule has 2 heterocycles. The largest absolute Gasteiger partial charge is 0.439 e. The van der Waals surface area contributed by atoms with Gasteiger partial charge in [-0.25, -0.2) is 9.67 Å². The minimum atomic E-state index is -4.69. The molecule has 0 radical (unpaired) electrons. The lowest BCUT2D eigenvalue weighted by Crippen LogP contribution is -2.09. The molecular formula is C18H16ClF3N4O2S. The smallest absolute Gasteiger partial charge is 0.435 e. The molecule has 0 unspecified atom stereocenters. The third kappa shape index (κ3) is 5.07. The van der Waals surface area contributed by atoms with Crippen molar-refractivity contribution in [1.29, 1.82) is 0 Å². The van der Waals surface area contributed by atoms with Crippen LogP contribution < -0.4 is 4.74 Å². The first-order valence-electron chi connectivity index (χ1n) is 8.30. The summed E-state index contributed by atoms with van der Waals surface area (Å²) in [6, 6.07) is 5.23. The van der Waals surface area contributed by atoms with Crippen LogP contribution in [-0.2, 0) is 24.7 Å². The van der Waals surface area contributed by atoms with Gasteiger partial charge in [0.25, 0.3) is 0 Å². The fraction of sp³-hybridized carbons (Fsp3) is 0.278. The molecule has 0 aliphatic rings. The molecule has 0 N–H and O–H groups in total. The molecule has 0 amide bonds. The van der Waals surface area contributed by atoms with Gasteiger partial charge < -0.3 is 9.57 Å². The van der Waals surface area contributed by atoms with Gasteiger partial charge in [0.05, 0.1) is 16.7 Å². The van der Waals surface area contributed by atoms with E-state index in [0.29, 0.717) is 15.1 Å². The van der Waals surface area contributed by atoms with Crippen LogP contribution in [0.25, 0.3) is 0 Å². The maximum absolute atomic E-state index is 13.4. The van der Waals surface area contributed by atoms with Crippen molar-refractivity contribution < 1.29 is 22.7 Å². The van der Waals surface area contributed by atoms with Crippen LogP contribution in [-0.4, -0.2) is 21.0 Å². The average Bonchev–Trinajstić information content (AvgIpc) is 3.19. The van der Waals surface area contributed by atoms with Crippen molar-refractivity contribution in [2.45, 2.75) is 26.6 Å². The third-order valence-electron chi connectivity index (χ3n) is 3.98. The standard InChI is InChI=1S/C18H16ClF3N4O2S/c1-10-4-5-12(6-11(10)2)28-16-14(15(18(20,21)22)25-26(16)3)8-24-27-9-13-7-23-17(19)29-13/h4-8H,9H2,1-3H3/b24-8+. The van der Waals surface area contributed by atoms with Crippen LogP contribution >= 0.6 is 22.9 Å². The number of alkyl halides is 3. The molecule has 0 saturated carbocycles. The second-order valence-corrected chi connectivity index (χ2v) is 7.82. The fourth-order valence-electron chi connectivity index (χ4n) is 2.40. The van der Waals surface area contributed by atoms with Crippen LogP contribution in [0.2, 0.25) is 4.47 Å². The Labute approximate surface area is 173 Å². The van der Waals surface area contributed by atoms with Crippen molar-refractivity contribution in [2.75, 3.05) is 0 Å². The van der Waals surface area contributed by atoms with E-state index in [1.807, 2.05) is 19.9 Å². The van der Waals surface area contributed by atoms with Crippen molar-refractivity contribution >= 4 is 29.2 Å². The Morgan fingerprint density at radius 1 is 1.28 bits per heavy atom. The van der Waals surface area contributed by atoms with Gasteiger partial charge in [-0.15, -0.1) is 11.3 Å². The summed E-state index contributed by atoms with van der Waals surface area (Å²) in [5.41, 5.74) is 0.534. The summed E-state index contributed by atoms with van der Waals surface area (Å²) in [4.78, 5) is 9.60. The number of hydrogen-bond donors (Lipinski definition) is 0. The minimum Gasteiger partial charge on any atom is -0.439 e. The topological polar surface area (TPSA) is 61.5 Å². The van der Waals surface area contributed by atoms with E-state index < -0.39 is 11.9 Å². The Balaban J connectivity index is 1.88. The highest BCUT2D eigenvalue weighted by Gasteiger charge is 2.39. The van der Waals surface area contributed by atoms with Crippen LogP contribution in [0.15, 0.2) is 29.6 Å². The molecule has 0 spiro atoms. The van der Waals surface area contributed by atoms with Crippen molar-refractivity contribution in [3.8, 4) is 11.6 Å². The summed E-state index contributed by atoms with van der Waals surface area (Å²) in [5, 5.41) is 7.20. The summed E-state index contributed by atoms with van der Waals surface area (Å²) in [7, 11) is 1.36. The zero-order valence-electron chi connectivity index (χ0n) is 15.6. The summed E-state index contributed by atoms with van der Waals surface area (Å²) in [6.45, 7) is 3.83. The van der Waals surface area contributed by atoms with Gasteiger partial charge in [0, 0.05) is 13.2 Å². The second-order valence-electron chi connectivity index (χ2n) is 6.12. The van der Waals surface area contributed by atoms with E-state index in [4.69, 9.17) is 21.2 Å². The van der Waals surface area contributed by atoms with E-state index >= 15 is 0 Å². The van der Waals surface area contributed by atoms with Crippen molar-refractivity contribution in [3.63, 3.8) is 0 Å². The first-order chi connectivity index (χ1) is 13.6. The predicted octanol–water partition coefficient (Wildman–Crippen LogP) is 5.51. The lowest BCUT2D eigenvalue weighted by Gasteiger charge is -2.09. The zero-order chi connectivity index (χ0) is 21.2. The van der Waals surface area contributed by atoms with Crippen LogP contribution in [0.3, 0.4) is 0 Å². The number of ether oxygens (including phenoxy) is 1. The highest BCUT2D eigenvalue weighted by atomic mass is 35.5. The highest BCUT2D eigenvalue weighted by Crippen LogP contribution is 2.36. The van der Waals surface area contributed by atoms with Gasteiger partial charge in [-0.1, -0.05) is 22.8 Å². The molecular weight excluding hydrogens is 429 g/mol. The molecule has 154 valence electrons. The maximum Gasteiger partial charge on any atom is 0.435 e. The number of nitrogens with zero attached hydrogens (tertiary/aromatic N) is 4. The van der Waals surface area contributed by atoms with Gasteiger partial charge in [-0.2, -0.15) is 18.3 Å². The van der Waals surface area contributed by atoms with E-state index in [0.717, 1.165) is 22.0 Å². The Morgan fingerprint density at radius 3 is 2.66 bits per heavy atom. The highest BCUT2D eigenvalue weighted by molar-refractivity contribution is 7.15. The quantitative estimate of drug-likeness (QED) is 0.371. The van der Waals surface area contributed by atoms with Gasteiger partial charge in [0.15, 0.2) is 16.8 Å². The van der Waals surface area contributed by atoms with E-state index in [2.05, 4.69) is 15.2 Å². The maximum atomic E-state index is 13.4. The molecule has 0 bridgehead atoms. The predicted molar refractivity (Wildman–Crippen MR) is 104 cm³/mol. The molecule has 3 aromatic rings. The lowest BCUT2D eigenvalue weighted by molar-refractivity contribution is -0.141. The number of aromatic nitrogens is 3. The molecule has 0 aliphatic heterocycles. The Bertz CT molecular complexity index is 1050. The van der Waals surface area contributed by atoms with Crippen molar-refractivity contribution in [2.24, 2.45) is 12.2 Å². The fourth-order valence-corrected chi connectivity index (χ4v) is 3.29. The molecule has 1 aromatic carbocycles. The molecule has 3 rings (SSSR count). The summed E-state index contributed by atoms with van der Waals surface area (Å²) >= 11 is 6.91. The summed E-state index contributed by atoms with van der Waals surface area (Å²) in [5.74, 6) is 0.286. The number of oxime groups is 1. The van der Waals surface area contributed by atoms with Crippen LogP contribution in [0.4, 0.5) is 13.2 Å². The molecule has 29 heavy (non-hydrogen) atoms. The second kappa shape index (κ2) is 8.42. The SMILES string of the molecule is Cc1ccc(Oc2c(/C=N/OCc3cnc(Cl)s3)c(C(F)(F)F)nn2C)cc1C. The van der Waals surface area contributed by atoms with E-state index in [9.17, 15) is 13.2 Å². The normalized spacial score (nSPS) is 12.0. The summed E-state index contributed by atoms with van der Waals surface area (Å²) in [6.07, 6.45) is -2.24. The lowest BCUT2D eigenvalue weighted by atomic mass is 10.1. The molecule has 11 heteroatoms. The van der Waals surface area contributed by atoms with Crippen LogP contribution in [0.1, 0.15) is 27.3 Å². The number of thiazole rings is 1. The van der Waals surface area contributed by atoms with Crippen LogP contribution in [0, 0.1) is 13.8 Å². The number of rotatable bonds is 6. The zero-order valence-corrected chi connectivity index (χ0v) is 17.2. The van der Waals surface area contributed by atoms with Crippen molar-refractivity contribution in [3.05, 3.63) is 56.1 Å². The molecule has 2 aromatic heterocycles. The third-order valence-corrected chi connectivity index (χ3v) is 5.07. The first-order valence-corrected chi connectivity index (χ1v) is 9.49. The Kier molecular flexibility index (Phi) is 6.13. The number of halogens is 4. The van der Waals surface area contributed by atoms with E-state index in [1.54, 1.807) is 12.1 Å². The number of benzene rings is 1. The van der Waals surface area contributed by atoms with Crippen molar-refractivity contribution in [1.82, 2.24) is 14.8 Å². The molecule has 0 aliphatic carbocycles. The molecule has 0 atom stereocenters. The molecule has 0 saturated heterocycles.